The fourth-order valence-electron chi connectivity index (χ4n) is 2.70. The highest BCUT2D eigenvalue weighted by Gasteiger charge is 2.25. The number of methoxy groups -OCH3 is 1. The van der Waals surface area contributed by atoms with Gasteiger partial charge in [-0.15, -0.1) is 0 Å². The minimum absolute atomic E-state index is 0.350. The molecule has 1 aromatic carbocycles. The van der Waals surface area contributed by atoms with Crippen molar-refractivity contribution in [1.29, 1.82) is 0 Å². The number of aromatic nitrogens is 1. The van der Waals surface area contributed by atoms with Gasteiger partial charge in [0.2, 0.25) is 0 Å². The van der Waals surface area contributed by atoms with Gasteiger partial charge in [0.15, 0.2) is 0 Å². The lowest BCUT2D eigenvalue weighted by atomic mass is 10.2. The van der Waals surface area contributed by atoms with Crippen LogP contribution in [0.15, 0.2) is 29.2 Å². The molecule has 2 amide bonds. The van der Waals surface area contributed by atoms with Crippen LogP contribution in [0.4, 0.5) is 4.79 Å². The van der Waals surface area contributed by atoms with E-state index in [0.29, 0.717) is 15.7 Å². The lowest BCUT2D eigenvalue weighted by Gasteiger charge is -2.14. The highest BCUT2D eigenvalue weighted by Crippen LogP contribution is 2.33. The predicted molar refractivity (Wildman–Crippen MR) is 95.9 cm³/mol. The van der Waals surface area contributed by atoms with Crippen molar-refractivity contribution in [1.82, 2.24) is 9.88 Å². The van der Waals surface area contributed by atoms with Crippen LogP contribution in [0, 0.1) is 13.8 Å². The van der Waals surface area contributed by atoms with Crippen molar-refractivity contribution in [2.24, 2.45) is 0 Å². The molecule has 2 aromatic rings. The van der Waals surface area contributed by atoms with Crippen LogP contribution >= 0.6 is 23.4 Å². The predicted octanol–water partition coefficient (Wildman–Crippen LogP) is 4.08. The number of ether oxygens (including phenoxy) is 1. The molecule has 5 nitrogen and oxygen atoms in total. The summed E-state index contributed by atoms with van der Waals surface area (Å²) in [5.74, 6) is 0.332. The zero-order valence-electron chi connectivity index (χ0n) is 13.3. The molecule has 0 radical (unpaired) electrons. The van der Waals surface area contributed by atoms with E-state index >= 15 is 0 Å². The van der Waals surface area contributed by atoms with Crippen LogP contribution in [-0.4, -0.2) is 22.8 Å². The molecule has 0 atom stereocenters. The molecule has 1 aliphatic heterocycles. The summed E-state index contributed by atoms with van der Waals surface area (Å²) in [5, 5.41) is 2.51. The number of nitrogens with zero attached hydrogens (tertiary/aromatic N) is 1. The molecule has 1 aliphatic rings. The van der Waals surface area contributed by atoms with E-state index in [0.717, 1.165) is 34.4 Å². The van der Waals surface area contributed by atoms with Crippen molar-refractivity contribution in [2.75, 3.05) is 7.11 Å². The average Bonchev–Trinajstić information content (AvgIpc) is 2.98. The molecule has 0 bridgehead atoms. The molecular formula is C17H15ClN2O3S. The Bertz CT molecular complexity index is 886. The van der Waals surface area contributed by atoms with E-state index in [4.69, 9.17) is 16.3 Å². The Labute approximate surface area is 148 Å². The van der Waals surface area contributed by atoms with Gasteiger partial charge in [0.05, 0.1) is 17.7 Å². The van der Waals surface area contributed by atoms with Crippen molar-refractivity contribution in [3.8, 4) is 11.4 Å². The van der Waals surface area contributed by atoms with Crippen LogP contribution in [0.3, 0.4) is 0 Å². The molecule has 124 valence electrons. The number of carbonyl (C=O) groups excluding carboxylic acids is 2. The monoisotopic (exact) mass is 362 g/mol. The van der Waals surface area contributed by atoms with Crippen LogP contribution in [0.5, 0.6) is 5.75 Å². The van der Waals surface area contributed by atoms with Crippen LogP contribution in [0.25, 0.3) is 11.8 Å². The summed E-state index contributed by atoms with van der Waals surface area (Å²) in [4.78, 5) is 23.4. The van der Waals surface area contributed by atoms with Crippen LogP contribution in [0.1, 0.15) is 17.0 Å². The number of nitrogens with one attached hydrogen (secondary N) is 1. The maximum absolute atomic E-state index is 11.7. The molecule has 3 rings (SSSR count). The number of amides is 2. The molecule has 0 unspecified atom stereocenters. The summed E-state index contributed by atoms with van der Waals surface area (Å²) in [5.41, 5.74) is 3.58. The highest BCUT2D eigenvalue weighted by molar-refractivity contribution is 8.18. The van der Waals surface area contributed by atoms with Gasteiger partial charge in [-0.3, -0.25) is 14.9 Å². The summed E-state index contributed by atoms with van der Waals surface area (Å²) < 4.78 is 7.44. The van der Waals surface area contributed by atoms with Crippen molar-refractivity contribution >= 4 is 40.6 Å². The maximum atomic E-state index is 11.7. The Morgan fingerprint density at radius 2 is 2.00 bits per heavy atom. The largest absolute Gasteiger partial charge is 0.495 e. The maximum Gasteiger partial charge on any atom is 0.290 e. The van der Waals surface area contributed by atoms with Crippen molar-refractivity contribution < 1.29 is 14.3 Å². The van der Waals surface area contributed by atoms with Gasteiger partial charge in [0.1, 0.15) is 5.75 Å². The third-order valence-corrected chi connectivity index (χ3v) is 4.83. The quantitative estimate of drug-likeness (QED) is 0.836. The highest BCUT2D eigenvalue weighted by atomic mass is 35.5. The molecular weight excluding hydrogens is 348 g/mol. The number of benzene rings is 1. The summed E-state index contributed by atoms with van der Waals surface area (Å²) in [7, 11) is 1.61. The zero-order chi connectivity index (χ0) is 17.4. The second kappa shape index (κ2) is 6.37. The number of rotatable bonds is 3. The van der Waals surface area contributed by atoms with E-state index in [1.165, 1.54) is 0 Å². The molecule has 2 heterocycles. The minimum Gasteiger partial charge on any atom is -0.495 e. The first-order valence-corrected chi connectivity index (χ1v) is 8.38. The van der Waals surface area contributed by atoms with Crippen LogP contribution < -0.4 is 10.1 Å². The summed E-state index contributed by atoms with van der Waals surface area (Å²) in [6, 6.07) is 7.37. The Kier molecular flexibility index (Phi) is 4.43. The van der Waals surface area contributed by atoms with Gasteiger partial charge in [-0.1, -0.05) is 11.6 Å². The summed E-state index contributed by atoms with van der Waals surface area (Å²) in [6.45, 7) is 3.90. The summed E-state index contributed by atoms with van der Waals surface area (Å²) >= 11 is 7.04. The number of hydrogen-bond donors (Lipinski definition) is 1. The van der Waals surface area contributed by atoms with Gasteiger partial charge in [-0.25, -0.2) is 0 Å². The van der Waals surface area contributed by atoms with Crippen LogP contribution in [0.2, 0.25) is 5.02 Å². The zero-order valence-corrected chi connectivity index (χ0v) is 14.9. The van der Waals surface area contributed by atoms with Gasteiger partial charge in [-0.2, -0.15) is 0 Å². The molecule has 1 saturated heterocycles. The second-order valence-corrected chi connectivity index (χ2v) is 6.78. The molecule has 0 aliphatic carbocycles. The Morgan fingerprint density at radius 1 is 1.25 bits per heavy atom. The van der Waals surface area contributed by atoms with E-state index < -0.39 is 0 Å². The molecule has 1 aromatic heterocycles. The number of halogens is 1. The SMILES string of the molecule is COc1ccc(Cl)cc1-n1c(C)cc(/C=C2\SC(=O)NC2=O)c1C. The lowest BCUT2D eigenvalue weighted by molar-refractivity contribution is -0.115. The van der Waals surface area contributed by atoms with Crippen molar-refractivity contribution in [3.05, 3.63) is 51.1 Å². The fourth-order valence-corrected chi connectivity index (χ4v) is 3.54. The number of hydrogen-bond acceptors (Lipinski definition) is 4. The fraction of sp³-hybridized carbons (Fsp3) is 0.176. The second-order valence-electron chi connectivity index (χ2n) is 5.33. The van der Waals surface area contributed by atoms with E-state index in [2.05, 4.69) is 5.32 Å². The van der Waals surface area contributed by atoms with E-state index in [-0.39, 0.29) is 11.1 Å². The molecule has 0 spiro atoms. The van der Waals surface area contributed by atoms with Crippen molar-refractivity contribution in [3.63, 3.8) is 0 Å². The molecule has 7 heteroatoms. The van der Waals surface area contributed by atoms with Gasteiger partial charge in [-0.05, 0) is 61.5 Å². The van der Waals surface area contributed by atoms with Gasteiger partial charge >= 0.3 is 0 Å². The molecule has 0 saturated carbocycles. The van der Waals surface area contributed by atoms with Gasteiger partial charge in [0.25, 0.3) is 11.1 Å². The third kappa shape index (κ3) is 2.95. The van der Waals surface area contributed by atoms with Gasteiger partial charge in [0, 0.05) is 16.4 Å². The number of thioether (sulfide) groups is 1. The standard InChI is InChI=1S/C17H15ClN2O3S/c1-9-6-11(7-15-16(21)19-17(22)24-15)10(2)20(9)13-8-12(18)4-5-14(13)23-3/h4-8H,1-3H3,(H,19,21,22)/b15-7-. The third-order valence-electron chi connectivity index (χ3n) is 3.78. The lowest BCUT2D eigenvalue weighted by Crippen LogP contribution is -2.17. The topological polar surface area (TPSA) is 60.3 Å². The first-order chi connectivity index (χ1) is 11.4. The smallest absolute Gasteiger partial charge is 0.290 e. The number of imide groups is 1. The minimum atomic E-state index is -0.366. The number of aryl methyl sites for hydroxylation is 1. The Morgan fingerprint density at radius 3 is 2.62 bits per heavy atom. The normalized spacial score (nSPS) is 15.9. The van der Waals surface area contributed by atoms with Crippen LogP contribution in [-0.2, 0) is 4.79 Å². The van der Waals surface area contributed by atoms with E-state index in [1.807, 2.05) is 36.6 Å². The Balaban J connectivity index is 2.11. The van der Waals surface area contributed by atoms with E-state index in [9.17, 15) is 9.59 Å². The average molecular weight is 363 g/mol. The van der Waals surface area contributed by atoms with E-state index in [1.54, 1.807) is 19.3 Å². The Hall–Kier alpha value is -2.18. The first kappa shape index (κ1) is 16.7. The first-order valence-electron chi connectivity index (χ1n) is 7.18. The summed E-state index contributed by atoms with van der Waals surface area (Å²) in [6.07, 6.45) is 1.72. The van der Waals surface area contributed by atoms with Gasteiger partial charge < -0.3 is 9.30 Å². The number of carbonyl (C=O) groups is 2. The van der Waals surface area contributed by atoms with Crippen molar-refractivity contribution in [2.45, 2.75) is 13.8 Å². The molecule has 1 N–H and O–H groups in total. The molecule has 24 heavy (non-hydrogen) atoms. The molecule has 1 fully saturated rings.